The molecule has 2 aromatic carbocycles. The van der Waals surface area contributed by atoms with Crippen LogP contribution in [0.5, 0.6) is 11.5 Å². The molecular formula is C15H14O3. The number of hydrogen-bond donors (Lipinski definition) is 1. The molecule has 3 heteroatoms. The molecule has 1 N–H and O–H groups in total. The number of hydrogen-bond acceptors (Lipinski definition) is 3. The molecule has 2 aromatic rings. The van der Waals surface area contributed by atoms with Gasteiger partial charge in [-0.3, -0.25) is 4.79 Å². The fourth-order valence-corrected chi connectivity index (χ4v) is 1.78. The quantitative estimate of drug-likeness (QED) is 0.842. The van der Waals surface area contributed by atoms with Gasteiger partial charge in [0.25, 0.3) is 0 Å². The summed E-state index contributed by atoms with van der Waals surface area (Å²) in [6.07, 6.45) is 0. The lowest BCUT2D eigenvalue weighted by Gasteiger charge is -2.08. The van der Waals surface area contributed by atoms with E-state index < -0.39 is 0 Å². The second-order valence-corrected chi connectivity index (χ2v) is 4.03. The molecular weight excluding hydrogens is 228 g/mol. The number of aryl methyl sites for hydroxylation is 1. The highest BCUT2D eigenvalue weighted by atomic mass is 16.5. The van der Waals surface area contributed by atoms with E-state index in [2.05, 4.69) is 0 Å². The number of carbonyl (C=O) groups excluding carboxylic acids is 1. The highest BCUT2D eigenvalue weighted by Gasteiger charge is 2.14. The van der Waals surface area contributed by atoms with Crippen molar-refractivity contribution < 1.29 is 14.6 Å². The summed E-state index contributed by atoms with van der Waals surface area (Å²) in [7, 11) is 1.54. The van der Waals surface area contributed by atoms with Gasteiger partial charge in [-0.15, -0.1) is 0 Å². The van der Waals surface area contributed by atoms with Crippen LogP contribution in [0.2, 0.25) is 0 Å². The number of aromatic hydroxyl groups is 1. The molecule has 0 aliphatic heterocycles. The largest absolute Gasteiger partial charge is 0.508 e. The minimum atomic E-state index is -0.115. The Morgan fingerprint density at radius 3 is 2.56 bits per heavy atom. The highest BCUT2D eigenvalue weighted by molar-refractivity contribution is 6.10. The van der Waals surface area contributed by atoms with Gasteiger partial charge in [0.15, 0.2) is 5.78 Å². The van der Waals surface area contributed by atoms with Crippen LogP contribution in [0.4, 0.5) is 0 Å². The smallest absolute Gasteiger partial charge is 0.196 e. The van der Waals surface area contributed by atoms with Gasteiger partial charge in [0.05, 0.1) is 12.7 Å². The molecule has 0 aliphatic carbocycles. The summed E-state index contributed by atoms with van der Waals surface area (Å²) in [5, 5.41) is 9.46. The van der Waals surface area contributed by atoms with E-state index in [-0.39, 0.29) is 11.5 Å². The molecule has 0 aromatic heterocycles. The molecule has 0 unspecified atom stereocenters. The predicted octanol–water partition coefficient (Wildman–Crippen LogP) is 2.94. The van der Waals surface area contributed by atoms with Crippen molar-refractivity contribution in [1.82, 2.24) is 0 Å². The van der Waals surface area contributed by atoms with Crippen molar-refractivity contribution >= 4 is 5.78 Å². The third-order valence-corrected chi connectivity index (χ3v) is 2.81. The minimum absolute atomic E-state index is 0.115. The number of para-hydroxylation sites is 1. The van der Waals surface area contributed by atoms with Gasteiger partial charge in [0.1, 0.15) is 11.5 Å². The van der Waals surface area contributed by atoms with E-state index in [1.807, 2.05) is 6.07 Å². The monoisotopic (exact) mass is 242 g/mol. The van der Waals surface area contributed by atoms with Gasteiger partial charge in [-0.05, 0) is 42.8 Å². The average Bonchev–Trinajstić information content (AvgIpc) is 2.41. The summed E-state index contributed by atoms with van der Waals surface area (Å²) in [6.45, 7) is 1.76. The standard InChI is InChI=1S/C15H14O3/c1-10-9-11(7-8-13(10)16)15(17)12-5-3-4-6-14(12)18-2/h3-9,16H,1-2H3. The Labute approximate surface area is 106 Å². The molecule has 0 bridgehead atoms. The van der Waals surface area contributed by atoms with E-state index in [1.54, 1.807) is 37.3 Å². The molecule has 0 saturated carbocycles. The van der Waals surface area contributed by atoms with Crippen LogP contribution >= 0.6 is 0 Å². The van der Waals surface area contributed by atoms with Gasteiger partial charge in [-0.2, -0.15) is 0 Å². The van der Waals surface area contributed by atoms with Crippen LogP contribution in [-0.2, 0) is 0 Å². The number of phenols is 1. The zero-order chi connectivity index (χ0) is 13.1. The number of benzene rings is 2. The van der Waals surface area contributed by atoms with Crippen LogP contribution in [-0.4, -0.2) is 18.0 Å². The van der Waals surface area contributed by atoms with Crippen molar-refractivity contribution in [3.8, 4) is 11.5 Å². The number of ether oxygens (including phenoxy) is 1. The Kier molecular flexibility index (Phi) is 3.33. The zero-order valence-corrected chi connectivity index (χ0v) is 10.3. The molecule has 0 fully saturated rings. The van der Waals surface area contributed by atoms with Crippen LogP contribution in [0.1, 0.15) is 21.5 Å². The first kappa shape index (κ1) is 12.2. The summed E-state index contributed by atoms with van der Waals surface area (Å²) in [5.41, 5.74) is 1.73. The van der Waals surface area contributed by atoms with E-state index in [9.17, 15) is 9.90 Å². The molecule has 0 radical (unpaired) electrons. The Bertz CT molecular complexity index is 588. The molecule has 0 heterocycles. The van der Waals surface area contributed by atoms with E-state index in [4.69, 9.17) is 4.74 Å². The molecule has 0 aliphatic rings. The normalized spacial score (nSPS) is 10.1. The van der Waals surface area contributed by atoms with Crippen molar-refractivity contribution in [2.75, 3.05) is 7.11 Å². The van der Waals surface area contributed by atoms with Gasteiger partial charge in [0.2, 0.25) is 0 Å². The fourth-order valence-electron chi connectivity index (χ4n) is 1.78. The van der Waals surface area contributed by atoms with Crippen LogP contribution < -0.4 is 4.74 Å². The summed E-state index contributed by atoms with van der Waals surface area (Å²) >= 11 is 0. The van der Waals surface area contributed by atoms with Crippen molar-refractivity contribution in [2.24, 2.45) is 0 Å². The van der Waals surface area contributed by atoms with Crippen molar-refractivity contribution in [3.63, 3.8) is 0 Å². The van der Waals surface area contributed by atoms with Crippen LogP contribution in [0.15, 0.2) is 42.5 Å². The van der Waals surface area contributed by atoms with Gasteiger partial charge in [-0.1, -0.05) is 12.1 Å². The maximum Gasteiger partial charge on any atom is 0.196 e. The Morgan fingerprint density at radius 1 is 1.17 bits per heavy atom. The predicted molar refractivity (Wildman–Crippen MR) is 69.3 cm³/mol. The summed E-state index contributed by atoms with van der Waals surface area (Å²) in [4.78, 5) is 12.3. The topological polar surface area (TPSA) is 46.5 Å². The van der Waals surface area contributed by atoms with Gasteiger partial charge in [-0.25, -0.2) is 0 Å². The number of ketones is 1. The van der Waals surface area contributed by atoms with E-state index >= 15 is 0 Å². The Morgan fingerprint density at radius 2 is 1.89 bits per heavy atom. The molecule has 0 spiro atoms. The van der Waals surface area contributed by atoms with Gasteiger partial charge in [0, 0.05) is 5.56 Å². The lowest BCUT2D eigenvalue weighted by atomic mass is 10.0. The van der Waals surface area contributed by atoms with E-state index in [0.29, 0.717) is 22.4 Å². The van der Waals surface area contributed by atoms with Crippen molar-refractivity contribution in [3.05, 3.63) is 59.2 Å². The second-order valence-electron chi connectivity index (χ2n) is 4.03. The zero-order valence-electron chi connectivity index (χ0n) is 10.3. The molecule has 2 rings (SSSR count). The number of rotatable bonds is 3. The number of phenolic OH excluding ortho intramolecular Hbond substituents is 1. The third-order valence-electron chi connectivity index (χ3n) is 2.81. The third kappa shape index (κ3) is 2.20. The molecule has 92 valence electrons. The lowest BCUT2D eigenvalue weighted by Crippen LogP contribution is -2.04. The van der Waals surface area contributed by atoms with Crippen molar-refractivity contribution in [2.45, 2.75) is 6.92 Å². The van der Waals surface area contributed by atoms with E-state index in [0.717, 1.165) is 0 Å². The Hall–Kier alpha value is -2.29. The number of methoxy groups -OCH3 is 1. The molecule has 18 heavy (non-hydrogen) atoms. The van der Waals surface area contributed by atoms with Crippen molar-refractivity contribution in [1.29, 1.82) is 0 Å². The molecule has 0 saturated heterocycles. The first-order chi connectivity index (χ1) is 8.63. The second kappa shape index (κ2) is 4.92. The summed E-state index contributed by atoms with van der Waals surface area (Å²) in [5.74, 6) is 0.621. The molecule has 0 atom stereocenters. The average molecular weight is 242 g/mol. The maximum absolute atomic E-state index is 12.3. The summed E-state index contributed by atoms with van der Waals surface area (Å²) < 4.78 is 5.17. The van der Waals surface area contributed by atoms with Crippen LogP contribution in [0, 0.1) is 6.92 Å². The van der Waals surface area contributed by atoms with Gasteiger partial charge < -0.3 is 9.84 Å². The van der Waals surface area contributed by atoms with Crippen LogP contribution in [0.3, 0.4) is 0 Å². The first-order valence-corrected chi connectivity index (χ1v) is 5.61. The SMILES string of the molecule is COc1ccccc1C(=O)c1ccc(O)c(C)c1. The molecule has 3 nitrogen and oxygen atoms in total. The maximum atomic E-state index is 12.3. The lowest BCUT2D eigenvalue weighted by molar-refractivity contribution is 0.103. The summed E-state index contributed by atoms with van der Waals surface area (Å²) in [6, 6.07) is 11.9. The fraction of sp³-hybridized carbons (Fsp3) is 0.133. The first-order valence-electron chi connectivity index (χ1n) is 5.61. The van der Waals surface area contributed by atoms with Crippen LogP contribution in [0.25, 0.3) is 0 Å². The van der Waals surface area contributed by atoms with E-state index in [1.165, 1.54) is 13.2 Å². The highest BCUT2D eigenvalue weighted by Crippen LogP contribution is 2.23. The van der Waals surface area contributed by atoms with Gasteiger partial charge >= 0.3 is 0 Å². The Balaban J connectivity index is 2.44. The number of carbonyl (C=O) groups is 1. The minimum Gasteiger partial charge on any atom is -0.508 e. The molecule has 0 amide bonds.